The highest BCUT2D eigenvalue weighted by Gasteiger charge is 2.62. The van der Waals surface area contributed by atoms with Gasteiger partial charge >= 0.3 is 8.56 Å². The maximum absolute atomic E-state index is 6.06. The molecule has 0 spiro atoms. The van der Waals surface area contributed by atoms with Gasteiger partial charge in [0.25, 0.3) is 0 Å². The molecule has 0 amide bonds. The molecule has 2 nitrogen and oxygen atoms in total. The SMILES string of the molecule is CO[Si](OC)(C(C)(C)C(C)C)C(C)(C)C(C)C. The third-order valence-electron chi connectivity index (χ3n) is 5.16. The number of hydrogen-bond donors (Lipinski definition) is 0. The van der Waals surface area contributed by atoms with Crippen molar-refractivity contribution in [1.82, 2.24) is 0 Å². The van der Waals surface area contributed by atoms with Crippen molar-refractivity contribution < 1.29 is 8.85 Å². The average Bonchev–Trinajstić information content (AvgIpc) is 2.18. The summed E-state index contributed by atoms with van der Waals surface area (Å²) in [5, 5.41) is 0.147. The molecule has 104 valence electrons. The molecule has 0 rings (SSSR count). The summed E-state index contributed by atoms with van der Waals surface area (Å²) in [4.78, 5) is 0. The Balaban J connectivity index is 5.77. The Labute approximate surface area is 109 Å². The van der Waals surface area contributed by atoms with E-state index in [0.717, 1.165) is 0 Å². The van der Waals surface area contributed by atoms with Crippen LogP contribution in [-0.4, -0.2) is 22.8 Å². The van der Waals surface area contributed by atoms with Gasteiger partial charge in [0.05, 0.1) is 0 Å². The molecular formula is C14H32O2Si. The largest absolute Gasteiger partial charge is 0.397 e. The molecule has 3 heteroatoms. The molecule has 0 aliphatic carbocycles. The Kier molecular flexibility index (Phi) is 5.46. The molecule has 0 fully saturated rings. The lowest BCUT2D eigenvalue weighted by Crippen LogP contribution is -2.60. The zero-order chi connectivity index (χ0) is 14.1. The molecule has 0 heterocycles. The minimum Gasteiger partial charge on any atom is -0.397 e. The van der Waals surface area contributed by atoms with E-state index < -0.39 is 8.56 Å². The molecule has 0 aromatic carbocycles. The lowest BCUT2D eigenvalue weighted by molar-refractivity contribution is 0.148. The van der Waals surface area contributed by atoms with Gasteiger partial charge in [0.2, 0.25) is 0 Å². The third kappa shape index (κ3) is 2.47. The van der Waals surface area contributed by atoms with Gasteiger partial charge in [-0.2, -0.15) is 0 Å². The summed E-state index contributed by atoms with van der Waals surface area (Å²) in [5.41, 5.74) is 0. The summed E-state index contributed by atoms with van der Waals surface area (Å²) >= 11 is 0. The monoisotopic (exact) mass is 260 g/mol. The van der Waals surface area contributed by atoms with Crippen LogP contribution in [-0.2, 0) is 8.85 Å². The molecule has 0 aliphatic heterocycles. The van der Waals surface area contributed by atoms with Gasteiger partial charge in [0, 0.05) is 24.3 Å². The van der Waals surface area contributed by atoms with E-state index in [1.165, 1.54) is 0 Å². The molecule has 0 unspecified atom stereocenters. The van der Waals surface area contributed by atoms with Crippen LogP contribution < -0.4 is 0 Å². The highest BCUT2D eigenvalue weighted by atomic mass is 28.4. The number of rotatable bonds is 6. The van der Waals surface area contributed by atoms with Crippen molar-refractivity contribution in [3.63, 3.8) is 0 Å². The van der Waals surface area contributed by atoms with Gasteiger partial charge in [-0.05, 0) is 11.8 Å². The third-order valence-corrected chi connectivity index (χ3v) is 10.9. The second-order valence-corrected chi connectivity index (χ2v) is 11.4. The fourth-order valence-corrected chi connectivity index (χ4v) is 8.18. The Morgan fingerprint density at radius 2 is 0.941 bits per heavy atom. The second-order valence-electron chi connectivity index (χ2n) is 6.78. The van der Waals surface area contributed by atoms with Crippen LogP contribution in [0.4, 0.5) is 0 Å². The molecule has 0 aliphatic rings. The predicted octanol–water partition coefficient (Wildman–Crippen LogP) is 4.59. The maximum atomic E-state index is 6.06. The van der Waals surface area contributed by atoms with E-state index in [9.17, 15) is 0 Å². The first-order valence-corrected chi connectivity index (χ1v) is 8.43. The zero-order valence-corrected chi connectivity index (χ0v) is 14.5. The van der Waals surface area contributed by atoms with Crippen LogP contribution in [0.1, 0.15) is 55.4 Å². The van der Waals surface area contributed by atoms with Crippen molar-refractivity contribution >= 4 is 8.56 Å². The average molecular weight is 260 g/mol. The molecule has 0 aromatic rings. The van der Waals surface area contributed by atoms with E-state index >= 15 is 0 Å². The Bertz CT molecular complexity index is 219. The highest BCUT2D eigenvalue weighted by molar-refractivity contribution is 6.73. The Hall–Kier alpha value is 0.137. The Morgan fingerprint density at radius 1 is 0.706 bits per heavy atom. The second kappa shape index (κ2) is 5.41. The van der Waals surface area contributed by atoms with Crippen LogP contribution in [0, 0.1) is 11.8 Å². The standard InChI is InChI=1S/C14H32O2Si/c1-11(2)13(5,6)17(15-9,16-10)14(7,8)12(3)4/h11-12H,1-10H3. The van der Waals surface area contributed by atoms with E-state index in [2.05, 4.69) is 55.4 Å². The Morgan fingerprint density at radius 3 is 1.06 bits per heavy atom. The molecule has 0 bridgehead atoms. The summed E-state index contributed by atoms with van der Waals surface area (Å²) in [6.45, 7) is 18.2. The fourth-order valence-electron chi connectivity index (χ4n) is 2.73. The van der Waals surface area contributed by atoms with Crippen LogP contribution in [0.2, 0.25) is 10.1 Å². The smallest absolute Gasteiger partial charge is 0.349 e. The van der Waals surface area contributed by atoms with Gasteiger partial charge in [-0.15, -0.1) is 0 Å². The van der Waals surface area contributed by atoms with Gasteiger partial charge < -0.3 is 8.85 Å². The van der Waals surface area contributed by atoms with Crippen LogP contribution in [0.15, 0.2) is 0 Å². The van der Waals surface area contributed by atoms with E-state index in [1.54, 1.807) is 0 Å². The van der Waals surface area contributed by atoms with Crippen molar-refractivity contribution in [1.29, 1.82) is 0 Å². The van der Waals surface area contributed by atoms with Gasteiger partial charge in [0.15, 0.2) is 0 Å². The molecule has 0 radical (unpaired) electrons. The van der Waals surface area contributed by atoms with E-state index in [4.69, 9.17) is 8.85 Å². The van der Waals surface area contributed by atoms with E-state index in [-0.39, 0.29) is 10.1 Å². The lowest BCUT2D eigenvalue weighted by Gasteiger charge is -2.53. The first-order valence-electron chi connectivity index (χ1n) is 6.61. The molecule has 0 saturated heterocycles. The van der Waals surface area contributed by atoms with Crippen molar-refractivity contribution in [3.8, 4) is 0 Å². The van der Waals surface area contributed by atoms with Crippen LogP contribution in [0.5, 0.6) is 0 Å². The molecule has 0 aromatic heterocycles. The normalized spacial score (nSPS) is 14.8. The number of hydrogen-bond acceptors (Lipinski definition) is 2. The summed E-state index contributed by atoms with van der Waals surface area (Å²) < 4.78 is 12.1. The van der Waals surface area contributed by atoms with Gasteiger partial charge in [-0.3, -0.25) is 0 Å². The summed E-state index contributed by atoms with van der Waals surface area (Å²) in [5.74, 6) is 1.07. The van der Waals surface area contributed by atoms with Gasteiger partial charge in [-0.25, -0.2) is 0 Å². The minimum atomic E-state index is -2.32. The van der Waals surface area contributed by atoms with Crippen LogP contribution in [0.3, 0.4) is 0 Å². The maximum Gasteiger partial charge on any atom is 0.349 e. The topological polar surface area (TPSA) is 18.5 Å². The van der Waals surface area contributed by atoms with Crippen LogP contribution >= 0.6 is 0 Å². The first-order chi connectivity index (χ1) is 7.51. The van der Waals surface area contributed by atoms with Crippen molar-refractivity contribution in [3.05, 3.63) is 0 Å². The molecule has 0 N–H and O–H groups in total. The van der Waals surface area contributed by atoms with Gasteiger partial charge in [-0.1, -0.05) is 55.4 Å². The molecular weight excluding hydrogens is 228 g/mol. The predicted molar refractivity (Wildman–Crippen MR) is 77.5 cm³/mol. The molecule has 0 atom stereocenters. The summed E-state index contributed by atoms with van der Waals surface area (Å²) in [6.07, 6.45) is 0. The lowest BCUT2D eigenvalue weighted by atomic mass is 9.97. The van der Waals surface area contributed by atoms with E-state index in [1.807, 2.05) is 14.2 Å². The molecule has 0 saturated carbocycles. The summed E-state index contributed by atoms with van der Waals surface area (Å²) in [6, 6.07) is 0. The van der Waals surface area contributed by atoms with Crippen molar-refractivity contribution in [2.45, 2.75) is 65.5 Å². The fraction of sp³-hybridized carbons (Fsp3) is 1.00. The quantitative estimate of drug-likeness (QED) is 0.650. The zero-order valence-electron chi connectivity index (χ0n) is 13.5. The van der Waals surface area contributed by atoms with Crippen molar-refractivity contribution in [2.75, 3.05) is 14.2 Å². The minimum absolute atomic E-state index is 0.0737. The van der Waals surface area contributed by atoms with E-state index in [0.29, 0.717) is 11.8 Å². The molecule has 17 heavy (non-hydrogen) atoms. The van der Waals surface area contributed by atoms with Crippen molar-refractivity contribution in [2.24, 2.45) is 11.8 Å². The first kappa shape index (κ1) is 17.1. The highest BCUT2D eigenvalue weighted by Crippen LogP contribution is 2.58. The summed E-state index contributed by atoms with van der Waals surface area (Å²) in [7, 11) is 1.32. The van der Waals surface area contributed by atoms with Crippen LogP contribution in [0.25, 0.3) is 0 Å². The van der Waals surface area contributed by atoms with Gasteiger partial charge in [0.1, 0.15) is 0 Å².